The van der Waals surface area contributed by atoms with Crippen molar-refractivity contribution in [1.82, 2.24) is 4.90 Å². The summed E-state index contributed by atoms with van der Waals surface area (Å²) in [6.07, 6.45) is -0.836. The molecule has 1 unspecified atom stereocenters. The fourth-order valence-corrected chi connectivity index (χ4v) is 3.78. The summed E-state index contributed by atoms with van der Waals surface area (Å²) in [7, 11) is -5.77. The second kappa shape index (κ2) is 6.33. The van der Waals surface area contributed by atoms with Gasteiger partial charge in [-0.15, -0.1) is 0 Å². The van der Waals surface area contributed by atoms with Crippen LogP contribution in [0.4, 0.5) is 18.0 Å². The van der Waals surface area contributed by atoms with Crippen LogP contribution >= 0.6 is 0 Å². The molecule has 1 aromatic rings. The predicted octanol–water partition coefficient (Wildman–Crippen LogP) is 3.85. The summed E-state index contributed by atoms with van der Waals surface area (Å²) in [6, 6.07) is 2.06. The number of nitrogens with zero attached hydrogens (tertiary/aromatic N) is 1. The monoisotopic (exact) mass is 395 g/mol. The third kappa shape index (κ3) is 3.60. The summed E-state index contributed by atoms with van der Waals surface area (Å²) < 4.78 is 64.5. The third-order valence-electron chi connectivity index (χ3n) is 4.34. The molecule has 0 spiro atoms. The largest absolute Gasteiger partial charge is 0.534 e. The lowest BCUT2D eigenvalue weighted by atomic mass is 9.76. The first-order valence-corrected chi connectivity index (χ1v) is 9.20. The summed E-state index contributed by atoms with van der Waals surface area (Å²) in [5.74, 6) is -0.405. The highest BCUT2D eigenvalue weighted by Crippen LogP contribution is 2.44. The Morgan fingerprint density at radius 3 is 2.31 bits per heavy atom. The molecule has 1 aromatic carbocycles. The number of alkyl halides is 3. The highest BCUT2D eigenvalue weighted by atomic mass is 32.2. The zero-order valence-corrected chi connectivity index (χ0v) is 15.5. The van der Waals surface area contributed by atoms with E-state index >= 15 is 0 Å². The molecule has 146 valence electrons. The van der Waals surface area contributed by atoms with Gasteiger partial charge in [-0.3, -0.25) is 0 Å². The summed E-state index contributed by atoms with van der Waals surface area (Å²) in [6.45, 7) is 7.19. The van der Waals surface area contributed by atoms with E-state index in [0.717, 1.165) is 6.07 Å². The first kappa shape index (κ1) is 20.3. The molecule has 2 rings (SSSR count). The van der Waals surface area contributed by atoms with Gasteiger partial charge in [0, 0.05) is 6.54 Å². The number of carboxylic acid groups (broad SMARTS) is 1. The Balaban J connectivity index is 2.54. The van der Waals surface area contributed by atoms with Crippen molar-refractivity contribution < 1.29 is 35.7 Å². The maximum atomic E-state index is 12.6. The molecular weight excluding hydrogens is 375 g/mol. The van der Waals surface area contributed by atoms with Gasteiger partial charge in [-0.2, -0.15) is 21.6 Å². The topological polar surface area (TPSA) is 83.9 Å². The maximum absolute atomic E-state index is 12.6. The van der Waals surface area contributed by atoms with Gasteiger partial charge < -0.3 is 14.2 Å². The quantitative estimate of drug-likeness (QED) is 0.607. The van der Waals surface area contributed by atoms with E-state index in [1.807, 2.05) is 20.8 Å². The minimum Gasteiger partial charge on any atom is -0.465 e. The Bertz CT molecular complexity index is 828. The molecular formula is C16H20F3NO5S. The lowest BCUT2D eigenvalue weighted by Crippen LogP contribution is -2.45. The minimum atomic E-state index is -5.77. The van der Waals surface area contributed by atoms with Crippen LogP contribution in [0.25, 0.3) is 0 Å². The van der Waals surface area contributed by atoms with E-state index in [9.17, 15) is 31.5 Å². The van der Waals surface area contributed by atoms with Crippen LogP contribution in [0.1, 0.15) is 43.5 Å². The van der Waals surface area contributed by atoms with Crippen LogP contribution < -0.4 is 4.18 Å². The van der Waals surface area contributed by atoms with Gasteiger partial charge in [0.25, 0.3) is 0 Å². The molecule has 0 saturated carbocycles. The highest BCUT2D eigenvalue weighted by Gasteiger charge is 2.49. The molecule has 10 heteroatoms. The molecule has 1 amide bonds. The van der Waals surface area contributed by atoms with Crippen LogP contribution in [0.15, 0.2) is 12.1 Å². The Labute approximate surface area is 149 Å². The molecule has 0 aliphatic carbocycles. The number of hydrogen-bond acceptors (Lipinski definition) is 4. The number of amides is 1. The molecule has 0 fully saturated rings. The van der Waals surface area contributed by atoms with E-state index in [1.165, 1.54) is 17.9 Å². The van der Waals surface area contributed by atoms with E-state index in [2.05, 4.69) is 4.18 Å². The molecule has 1 heterocycles. The van der Waals surface area contributed by atoms with Crippen LogP contribution in [0.2, 0.25) is 0 Å². The number of benzene rings is 1. The summed E-state index contributed by atoms with van der Waals surface area (Å²) >= 11 is 0. The van der Waals surface area contributed by atoms with Gasteiger partial charge in [-0.05, 0) is 41.5 Å². The average molecular weight is 395 g/mol. The Morgan fingerprint density at radius 2 is 1.85 bits per heavy atom. The van der Waals surface area contributed by atoms with Crippen molar-refractivity contribution in [3.8, 4) is 5.75 Å². The molecule has 1 aliphatic rings. The van der Waals surface area contributed by atoms with Crippen LogP contribution in [0, 0.1) is 12.3 Å². The lowest BCUT2D eigenvalue weighted by molar-refractivity contribution is -0.0500. The molecule has 0 aromatic heterocycles. The first-order valence-electron chi connectivity index (χ1n) is 7.79. The maximum Gasteiger partial charge on any atom is 0.534 e. The van der Waals surface area contributed by atoms with Gasteiger partial charge in [-0.1, -0.05) is 26.8 Å². The Kier molecular flexibility index (Phi) is 4.95. The van der Waals surface area contributed by atoms with Crippen molar-refractivity contribution >= 4 is 16.2 Å². The van der Waals surface area contributed by atoms with Crippen LogP contribution in [-0.4, -0.2) is 36.6 Å². The number of halogens is 3. The third-order valence-corrected chi connectivity index (χ3v) is 5.31. The Morgan fingerprint density at radius 1 is 1.27 bits per heavy atom. The molecule has 0 bridgehead atoms. The molecule has 0 radical (unpaired) electrons. The molecule has 6 nitrogen and oxygen atoms in total. The number of rotatable bonds is 2. The standard InChI is InChI=1S/C16H20F3NO5S/c1-9-10-7-8-20(14(21)22)13(15(2,3)4)11(10)5-6-12(9)25-26(23,24)16(17,18)19/h5-6,13H,7-8H2,1-4H3,(H,21,22). The van der Waals surface area contributed by atoms with Gasteiger partial charge in [0.1, 0.15) is 5.75 Å². The molecule has 26 heavy (non-hydrogen) atoms. The zero-order valence-electron chi connectivity index (χ0n) is 14.7. The van der Waals surface area contributed by atoms with Crippen molar-refractivity contribution in [2.45, 2.75) is 45.7 Å². The molecule has 1 atom stereocenters. The number of carbonyl (C=O) groups is 1. The van der Waals surface area contributed by atoms with Gasteiger partial charge in [0.2, 0.25) is 0 Å². The second-order valence-corrected chi connectivity index (χ2v) is 8.77. The SMILES string of the molecule is Cc1c(OS(=O)(=O)C(F)(F)F)ccc2c1CCN(C(=O)O)C2C(C)(C)C. The van der Waals surface area contributed by atoms with Crippen molar-refractivity contribution in [2.24, 2.45) is 5.41 Å². The van der Waals surface area contributed by atoms with Crippen LogP contribution in [0.5, 0.6) is 5.75 Å². The van der Waals surface area contributed by atoms with Crippen molar-refractivity contribution in [3.63, 3.8) is 0 Å². The first-order chi connectivity index (χ1) is 11.7. The normalized spacial score (nSPS) is 18.4. The van der Waals surface area contributed by atoms with Gasteiger partial charge in [0.15, 0.2) is 0 Å². The van der Waals surface area contributed by atoms with Crippen molar-refractivity contribution in [2.75, 3.05) is 6.54 Å². The van der Waals surface area contributed by atoms with Crippen molar-refractivity contribution in [3.05, 3.63) is 28.8 Å². The molecule has 1 N–H and O–H groups in total. The van der Waals surface area contributed by atoms with Crippen LogP contribution in [-0.2, 0) is 16.5 Å². The van der Waals surface area contributed by atoms with E-state index in [4.69, 9.17) is 0 Å². The number of hydrogen-bond donors (Lipinski definition) is 1. The zero-order chi connectivity index (χ0) is 20.1. The summed E-state index contributed by atoms with van der Waals surface area (Å²) in [4.78, 5) is 12.9. The molecule has 1 aliphatic heterocycles. The second-order valence-electron chi connectivity index (χ2n) is 7.23. The Hall–Kier alpha value is -1.97. The van der Waals surface area contributed by atoms with E-state index in [0.29, 0.717) is 11.1 Å². The summed E-state index contributed by atoms with van der Waals surface area (Å²) in [5.41, 5.74) is -4.49. The van der Waals surface area contributed by atoms with E-state index in [-0.39, 0.29) is 18.5 Å². The van der Waals surface area contributed by atoms with Crippen molar-refractivity contribution in [1.29, 1.82) is 0 Å². The van der Waals surface area contributed by atoms with Gasteiger partial charge >= 0.3 is 21.7 Å². The van der Waals surface area contributed by atoms with E-state index < -0.39 is 38.9 Å². The lowest BCUT2D eigenvalue weighted by Gasteiger charge is -2.43. The molecule has 0 saturated heterocycles. The average Bonchev–Trinajstić information content (AvgIpc) is 2.46. The highest BCUT2D eigenvalue weighted by molar-refractivity contribution is 7.88. The predicted molar refractivity (Wildman–Crippen MR) is 87.4 cm³/mol. The van der Waals surface area contributed by atoms with E-state index in [1.54, 1.807) is 0 Å². The minimum absolute atomic E-state index is 0.153. The fraction of sp³-hybridized carbons (Fsp3) is 0.562. The smallest absolute Gasteiger partial charge is 0.465 e. The van der Waals surface area contributed by atoms with Gasteiger partial charge in [-0.25, -0.2) is 4.79 Å². The number of fused-ring (bicyclic) bond motifs is 1. The fourth-order valence-electron chi connectivity index (χ4n) is 3.27. The van der Waals surface area contributed by atoms with Crippen LogP contribution in [0.3, 0.4) is 0 Å². The summed E-state index contributed by atoms with van der Waals surface area (Å²) in [5, 5.41) is 9.46. The van der Waals surface area contributed by atoms with Gasteiger partial charge in [0.05, 0.1) is 6.04 Å².